The van der Waals surface area contributed by atoms with Crippen LogP contribution in [0.2, 0.25) is 10.0 Å². The predicted molar refractivity (Wildman–Crippen MR) is 80.0 cm³/mol. The second-order valence-electron chi connectivity index (χ2n) is 4.87. The van der Waals surface area contributed by atoms with E-state index in [4.69, 9.17) is 23.2 Å². The number of hydrogen-bond acceptors (Lipinski definition) is 2. The molecular weight excluding hydrogens is 267 g/mol. The van der Waals surface area contributed by atoms with E-state index in [1.165, 1.54) is 12.8 Å². The molecule has 0 amide bonds. The van der Waals surface area contributed by atoms with Crippen molar-refractivity contribution < 1.29 is 0 Å². The summed E-state index contributed by atoms with van der Waals surface area (Å²) >= 11 is 12.2. The van der Waals surface area contributed by atoms with Crippen LogP contribution in [0.5, 0.6) is 0 Å². The van der Waals surface area contributed by atoms with Crippen molar-refractivity contribution in [2.24, 2.45) is 0 Å². The molecule has 1 aromatic rings. The molecule has 0 spiro atoms. The van der Waals surface area contributed by atoms with Gasteiger partial charge in [-0.25, -0.2) is 0 Å². The first-order chi connectivity index (χ1) is 8.69. The number of benzene rings is 1. The summed E-state index contributed by atoms with van der Waals surface area (Å²) in [5.41, 5.74) is 1.14. The molecule has 1 N–H and O–H groups in total. The monoisotopic (exact) mass is 286 g/mol. The van der Waals surface area contributed by atoms with Crippen LogP contribution in [0.4, 0.5) is 5.69 Å². The third-order valence-electron chi connectivity index (χ3n) is 3.33. The van der Waals surface area contributed by atoms with Gasteiger partial charge in [-0.3, -0.25) is 0 Å². The zero-order valence-electron chi connectivity index (χ0n) is 10.8. The zero-order chi connectivity index (χ0) is 13.0. The van der Waals surface area contributed by atoms with Gasteiger partial charge in [0.1, 0.15) is 0 Å². The van der Waals surface area contributed by atoms with Crippen LogP contribution >= 0.6 is 23.2 Å². The first-order valence-electron chi connectivity index (χ1n) is 6.63. The fraction of sp³-hybridized carbons (Fsp3) is 0.571. The molecule has 1 unspecified atom stereocenters. The van der Waals surface area contributed by atoms with E-state index in [9.17, 15) is 0 Å². The molecule has 1 heterocycles. The van der Waals surface area contributed by atoms with Crippen LogP contribution in [0.15, 0.2) is 18.2 Å². The minimum Gasteiger partial charge on any atom is -0.370 e. The molecule has 0 radical (unpaired) electrons. The summed E-state index contributed by atoms with van der Waals surface area (Å²) < 4.78 is 0. The van der Waals surface area contributed by atoms with Gasteiger partial charge in [-0.05, 0) is 37.6 Å². The van der Waals surface area contributed by atoms with Gasteiger partial charge in [0.2, 0.25) is 0 Å². The summed E-state index contributed by atoms with van der Waals surface area (Å²) in [5, 5.41) is 5.02. The molecule has 1 fully saturated rings. The van der Waals surface area contributed by atoms with Crippen LogP contribution in [0.3, 0.4) is 0 Å². The lowest BCUT2D eigenvalue weighted by Crippen LogP contribution is -2.37. The van der Waals surface area contributed by atoms with Crippen LogP contribution < -0.4 is 10.2 Å². The van der Waals surface area contributed by atoms with Crippen molar-refractivity contribution >= 4 is 28.9 Å². The van der Waals surface area contributed by atoms with Crippen molar-refractivity contribution in [2.45, 2.75) is 32.2 Å². The molecule has 0 bridgehead atoms. The van der Waals surface area contributed by atoms with E-state index in [-0.39, 0.29) is 0 Å². The molecule has 0 aliphatic carbocycles. The van der Waals surface area contributed by atoms with Gasteiger partial charge in [-0.1, -0.05) is 36.5 Å². The molecular formula is C14H20Cl2N2. The highest BCUT2D eigenvalue weighted by molar-refractivity contribution is 6.35. The maximum Gasteiger partial charge on any atom is 0.0441 e. The topological polar surface area (TPSA) is 15.3 Å². The van der Waals surface area contributed by atoms with Gasteiger partial charge in [-0.2, -0.15) is 0 Å². The summed E-state index contributed by atoms with van der Waals surface area (Å²) in [7, 11) is 0. The second-order valence-corrected chi connectivity index (χ2v) is 5.74. The highest BCUT2D eigenvalue weighted by Crippen LogP contribution is 2.26. The molecule has 1 saturated heterocycles. The van der Waals surface area contributed by atoms with E-state index in [0.29, 0.717) is 16.1 Å². The molecule has 4 heteroatoms. The average molecular weight is 287 g/mol. The largest absolute Gasteiger partial charge is 0.370 e. The molecule has 100 valence electrons. The molecule has 0 aromatic heterocycles. The van der Waals surface area contributed by atoms with Crippen molar-refractivity contribution in [1.82, 2.24) is 5.32 Å². The second kappa shape index (κ2) is 6.65. The van der Waals surface area contributed by atoms with Crippen molar-refractivity contribution in [2.75, 3.05) is 24.5 Å². The van der Waals surface area contributed by atoms with E-state index in [0.717, 1.165) is 31.7 Å². The van der Waals surface area contributed by atoms with Crippen molar-refractivity contribution in [3.8, 4) is 0 Å². The molecule has 1 aromatic carbocycles. The quantitative estimate of drug-likeness (QED) is 0.905. The fourth-order valence-electron chi connectivity index (χ4n) is 2.50. The summed E-state index contributed by atoms with van der Waals surface area (Å²) in [6.45, 7) is 5.41. The van der Waals surface area contributed by atoms with E-state index in [1.54, 1.807) is 6.07 Å². The summed E-state index contributed by atoms with van der Waals surface area (Å²) in [5.74, 6) is 0. The highest BCUT2D eigenvalue weighted by Gasteiger charge is 2.17. The maximum absolute atomic E-state index is 6.08. The van der Waals surface area contributed by atoms with E-state index < -0.39 is 0 Å². The Kier molecular flexibility index (Phi) is 5.16. The Bertz CT molecular complexity index is 375. The van der Waals surface area contributed by atoms with Gasteiger partial charge in [0.25, 0.3) is 0 Å². The number of nitrogens with one attached hydrogen (secondary N) is 1. The maximum atomic E-state index is 6.08. The molecule has 0 saturated carbocycles. The molecule has 2 nitrogen and oxygen atoms in total. The fourth-order valence-corrected chi connectivity index (χ4v) is 3.01. The summed E-state index contributed by atoms with van der Waals surface area (Å²) in [6, 6.07) is 6.35. The Labute approximate surface area is 119 Å². The van der Waals surface area contributed by atoms with Gasteiger partial charge in [0, 0.05) is 34.9 Å². The lowest BCUT2D eigenvalue weighted by Gasteiger charge is -2.26. The number of halogens is 2. The Balaban J connectivity index is 2.14. The first-order valence-corrected chi connectivity index (χ1v) is 7.39. The summed E-state index contributed by atoms with van der Waals surface area (Å²) in [4.78, 5) is 2.39. The van der Waals surface area contributed by atoms with Gasteiger partial charge >= 0.3 is 0 Å². The van der Waals surface area contributed by atoms with E-state index in [2.05, 4.69) is 17.1 Å². The average Bonchev–Trinajstić information content (AvgIpc) is 2.54. The number of hydrogen-bond donors (Lipinski definition) is 1. The Morgan fingerprint density at radius 2 is 2.00 bits per heavy atom. The van der Waals surface area contributed by atoms with Crippen molar-refractivity contribution in [1.29, 1.82) is 0 Å². The SMILES string of the molecule is CCCC1CN(c2cc(Cl)cc(Cl)c2)CCCN1. The van der Waals surface area contributed by atoms with Crippen LogP contribution in [-0.4, -0.2) is 25.7 Å². The number of rotatable bonds is 3. The van der Waals surface area contributed by atoms with Crippen LogP contribution in [0.25, 0.3) is 0 Å². The molecule has 18 heavy (non-hydrogen) atoms. The molecule has 1 aliphatic rings. The van der Waals surface area contributed by atoms with Gasteiger partial charge < -0.3 is 10.2 Å². The first kappa shape index (κ1) is 14.0. The standard InChI is InChI=1S/C14H20Cl2N2/c1-2-4-13-10-18(6-3-5-17-13)14-8-11(15)7-12(16)9-14/h7-9,13,17H,2-6,10H2,1H3. The highest BCUT2D eigenvalue weighted by atomic mass is 35.5. The Morgan fingerprint density at radius 1 is 1.28 bits per heavy atom. The van der Waals surface area contributed by atoms with Crippen molar-refractivity contribution in [3.05, 3.63) is 28.2 Å². The third kappa shape index (κ3) is 3.78. The zero-order valence-corrected chi connectivity index (χ0v) is 12.3. The third-order valence-corrected chi connectivity index (χ3v) is 3.76. The van der Waals surface area contributed by atoms with E-state index >= 15 is 0 Å². The van der Waals surface area contributed by atoms with E-state index in [1.807, 2.05) is 12.1 Å². The molecule has 1 atom stereocenters. The van der Waals surface area contributed by atoms with Crippen LogP contribution in [0.1, 0.15) is 26.2 Å². The number of nitrogens with zero attached hydrogens (tertiary/aromatic N) is 1. The Morgan fingerprint density at radius 3 is 2.67 bits per heavy atom. The van der Waals surface area contributed by atoms with Crippen LogP contribution in [-0.2, 0) is 0 Å². The summed E-state index contributed by atoms with van der Waals surface area (Å²) in [6.07, 6.45) is 3.58. The normalized spacial score (nSPS) is 20.8. The lowest BCUT2D eigenvalue weighted by atomic mass is 10.1. The minimum atomic E-state index is 0.565. The smallest absolute Gasteiger partial charge is 0.0441 e. The molecule has 1 aliphatic heterocycles. The van der Waals surface area contributed by atoms with Crippen molar-refractivity contribution in [3.63, 3.8) is 0 Å². The van der Waals surface area contributed by atoms with Gasteiger partial charge in [0.05, 0.1) is 0 Å². The van der Waals surface area contributed by atoms with Gasteiger partial charge in [0.15, 0.2) is 0 Å². The lowest BCUT2D eigenvalue weighted by molar-refractivity contribution is 0.502. The predicted octanol–water partition coefficient (Wildman–Crippen LogP) is 3.96. The Hall–Kier alpha value is -0.440. The van der Waals surface area contributed by atoms with Gasteiger partial charge in [-0.15, -0.1) is 0 Å². The number of anilines is 1. The van der Waals surface area contributed by atoms with Crippen LogP contribution in [0, 0.1) is 0 Å². The molecule has 2 rings (SSSR count). The minimum absolute atomic E-state index is 0.565.